The van der Waals surface area contributed by atoms with Gasteiger partial charge in [0.1, 0.15) is 11.6 Å². The molecule has 3 aromatic rings. The summed E-state index contributed by atoms with van der Waals surface area (Å²) < 4.78 is 0. The number of hydrogen-bond donors (Lipinski definition) is 0. The first kappa shape index (κ1) is 20.2. The number of rotatable bonds is 7. The molecule has 1 aliphatic rings. The Hall–Kier alpha value is -3.05. The number of aryl methyl sites for hydroxylation is 1. The number of carbonyl (C=O) groups excluding carboxylic acids is 1. The number of anilines is 1. The summed E-state index contributed by atoms with van der Waals surface area (Å²) >= 11 is 0. The molecule has 0 bridgehead atoms. The van der Waals surface area contributed by atoms with Crippen molar-refractivity contribution in [1.29, 1.82) is 0 Å². The fourth-order valence-corrected chi connectivity index (χ4v) is 3.92. The van der Waals surface area contributed by atoms with Gasteiger partial charge in [-0.15, -0.1) is 0 Å². The lowest BCUT2D eigenvalue weighted by Gasteiger charge is -2.30. The molecular weight excluding hydrogens is 372 g/mol. The molecule has 0 spiro atoms. The van der Waals surface area contributed by atoms with Gasteiger partial charge in [0.05, 0.1) is 13.1 Å². The van der Waals surface area contributed by atoms with E-state index in [9.17, 15) is 4.79 Å². The van der Waals surface area contributed by atoms with E-state index in [0.717, 1.165) is 47.8 Å². The van der Waals surface area contributed by atoms with Crippen molar-refractivity contribution < 1.29 is 4.79 Å². The van der Waals surface area contributed by atoms with Gasteiger partial charge in [0.25, 0.3) is 0 Å². The van der Waals surface area contributed by atoms with Gasteiger partial charge in [0.2, 0.25) is 5.91 Å². The molecule has 0 N–H and O–H groups in total. The molecule has 1 amide bonds. The van der Waals surface area contributed by atoms with Crippen molar-refractivity contribution in [3.63, 3.8) is 0 Å². The van der Waals surface area contributed by atoms with Crippen molar-refractivity contribution in [2.24, 2.45) is 0 Å². The summed E-state index contributed by atoms with van der Waals surface area (Å²) in [5, 5.41) is 0. The van der Waals surface area contributed by atoms with Gasteiger partial charge in [-0.2, -0.15) is 0 Å². The van der Waals surface area contributed by atoms with E-state index in [0.29, 0.717) is 19.5 Å². The Balaban J connectivity index is 1.51. The van der Waals surface area contributed by atoms with Crippen LogP contribution in [0.2, 0.25) is 0 Å². The molecule has 0 unspecified atom stereocenters. The lowest BCUT2D eigenvalue weighted by atomic mass is 10.0. The van der Waals surface area contributed by atoms with Crippen molar-refractivity contribution in [2.75, 3.05) is 18.5 Å². The zero-order chi connectivity index (χ0) is 20.9. The minimum atomic E-state index is 0.132. The maximum Gasteiger partial charge on any atom is 0.228 e. The molecule has 0 saturated heterocycles. The third kappa shape index (κ3) is 4.74. The number of hydrogen-bond acceptors (Lipinski definition) is 4. The molecule has 0 atom stereocenters. The van der Waals surface area contributed by atoms with E-state index in [-0.39, 0.29) is 5.91 Å². The zero-order valence-corrected chi connectivity index (χ0v) is 17.7. The molecule has 5 nitrogen and oxygen atoms in total. The Morgan fingerprint density at radius 3 is 2.30 bits per heavy atom. The summed E-state index contributed by atoms with van der Waals surface area (Å²) in [7, 11) is 2.09. The highest BCUT2D eigenvalue weighted by Gasteiger charge is 2.28. The Bertz CT molecular complexity index is 1000. The second-order valence-electron chi connectivity index (χ2n) is 7.97. The summed E-state index contributed by atoms with van der Waals surface area (Å²) in [5.41, 5.74) is 4.52. The average molecular weight is 401 g/mol. The standard InChI is InChI=1S/C25H28N4O/c1-19-22-13-14-24(30)29(17-21-11-7-4-8-12-21)25(22)27-23(26-19)18-28(2)16-15-20-9-5-3-6-10-20/h3-12H,13-18H2,1-2H3. The summed E-state index contributed by atoms with van der Waals surface area (Å²) in [4.78, 5) is 26.4. The number of benzene rings is 2. The number of fused-ring (bicyclic) bond motifs is 1. The first-order valence-electron chi connectivity index (χ1n) is 10.5. The first-order valence-corrected chi connectivity index (χ1v) is 10.5. The molecule has 1 aliphatic heterocycles. The predicted octanol–water partition coefficient (Wildman–Crippen LogP) is 3.94. The maximum atomic E-state index is 12.7. The second kappa shape index (κ2) is 9.18. The maximum absolute atomic E-state index is 12.7. The minimum Gasteiger partial charge on any atom is -0.299 e. The van der Waals surface area contributed by atoms with Gasteiger partial charge < -0.3 is 0 Å². The van der Waals surface area contributed by atoms with Crippen LogP contribution in [-0.2, 0) is 30.7 Å². The van der Waals surface area contributed by atoms with Gasteiger partial charge in [-0.3, -0.25) is 14.6 Å². The van der Waals surface area contributed by atoms with Gasteiger partial charge in [-0.25, -0.2) is 9.97 Å². The van der Waals surface area contributed by atoms with E-state index in [1.165, 1.54) is 5.56 Å². The third-order valence-electron chi connectivity index (χ3n) is 5.60. The molecule has 0 fully saturated rings. The Labute approximate surface area is 178 Å². The SMILES string of the molecule is Cc1nc(CN(C)CCc2ccccc2)nc2c1CCC(=O)N2Cc1ccccc1. The highest BCUT2D eigenvalue weighted by molar-refractivity contribution is 5.95. The van der Waals surface area contributed by atoms with E-state index < -0.39 is 0 Å². The zero-order valence-electron chi connectivity index (χ0n) is 17.7. The molecule has 154 valence electrons. The number of likely N-dealkylation sites (N-methyl/N-ethyl adjacent to an activating group) is 1. The van der Waals surface area contributed by atoms with Gasteiger partial charge in [0, 0.05) is 24.2 Å². The topological polar surface area (TPSA) is 49.3 Å². The lowest BCUT2D eigenvalue weighted by Crippen LogP contribution is -2.36. The molecule has 30 heavy (non-hydrogen) atoms. The molecule has 4 rings (SSSR count). The fraction of sp³-hybridized carbons (Fsp3) is 0.320. The van der Waals surface area contributed by atoms with Crippen LogP contribution in [0.3, 0.4) is 0 Å². The molecule has 0 aliphatic carbocycles. The Morgan fingerprint density at radius 2 is 1.60 bits per heavy atom. The van der Waals surface area contributed by atoms with E-state index in [2.05, 4.69) is 36.2 Å². The summed E-state index contributed by atoms with van der Waals surface area (Å²) in [5.74, 6) is 1.69. The minimum absolute atomic E-state index is 0.132. The molecule has 0 radical (unpaired) electrons. The van der Waals surface area contributed by atoms with Gasteiger partial charge in [-0.1, -0.05) is 60.7 Å². The normalized spacial score (nSPS) is 13.6. The van der Waals surface area contributed by atoms with Crippen LogP contribution in [0.5, 0.6) is 0 Å². The monoisotopic (exact) mass is 400 g/mol. The quantitative estimate of drug-likeness (QED) is 0.603. The summed E-state index contributed by atoms with van der Waals surface area (Å²) in [6.07, 6.45) is 2.22. The third-order valence-corrected chi connectivity index (χ3v) is 5.60. The van der Waals surface area contributed by atoms with Crippen LogP contribution in [0.15, 0.2) is 60.7 Å². The van der Waals surface area contributed by atoms with Crippen LogP contribution in [0.4, 0.5) is 5.82 Å². The van der Waals surface area contributed by atoms with Gasteiger partial charge in [-0.05, 0) is 37.9 Å². The van der Waals surface area contributed by atoms with E-state index in [1.54, 1.807) is 0 Å². The highest BCUT2D eigenvalue weighted by atomic mass is 16.2. The second-order valence-corrected chi connectivity index (χ2v) is 7.97. The van der Waals surface area contributed by atoms with Gasteiger partial charge >= 0.3 is 0 Å². The number of carbonyl (C=O) groups is 1. The number of nitrogens with zero attached hydrogens (tertiary/aromatic N) is 4. The highest BCUT2D eigenvalue weighted by Crippen LogP contribution is 2.29. The number of aromatic nitrogens is 2. The van der Waals surface area contributed by atoms with Crippen molar-refractivity contribution in [1.82, 2.24) is 14.9 Å². The lowest BCUT2D eigenvalue weighted by molar-refractivity contribution is -0.119. The van der Waals surface area contributed by atoms with Gasteiger partial charge in [0.15, 0.2) is 0 Å². The molecule has 1 aromatic heterocycles. The van der Waals surface area contributed by atoms with Crippen molar-refractivity contribution in [2.45, 2.75) is 39.3 Å². The van der Waals surface area contributed by atoms with Crippen molar-refractivity contribution in [3.8, 4) is 0 Å². The average Bonchev–Trinajstić information content (AvgIpc) is 2.76. The van der Waals surface area contributed by atoms with Crippen LogP contribution in [0.25, 0.3) is 0 Å². The van der Waals surface area contributed by atoms with Crippen LogP contribution in [-0.4, -0.2) is 34.4 Å². The number of amides is 1. The molecule has 2 heterocycles. The molecule has 2 aromatic carbocycles. The predicted molar refractivity (Wildman–Crippen MR) is 119 cm³/mol. The van der Waals surface area contributed by atoms with E-state index in [4.69, 9.17) is 9.97 Å². The smallest absolute Gasteiger partial charge is 0.228 e. The van der Waals surface area contributed by atoms with Crippen molar-refractivity contribution >= 4 is 11.7 Å². The summed E-state index contributed by atoms with van der Waals surface area (Å²) in [6, 6.07) is 20.6. The van der Waals surface area contributed by atoms with Crippen LogP contribution < -0.4 is 4.90 Å². The molecule has 0 saturated carbocycles. The Kier molecular flexibility index (Phi) is 6.19. The first-order chi connectivity index (χ1) is 14.6. The van der Waals surface area contributed by atoms with E-state index in [1.807, 2.05) is 48.2 Å². The summed E-state index contributed by atoms with van der Waals surface area (Å²) in [6.45, 7) is 4.17. The van der Waals surface area contributed by atoms with Crippen LogP contribution in [0.1, 0.15) is 34.6 Å². The van der Waals surface area contributed by atoms with Crippen LogP contribution >= 0.6 is 0 Å². The Morgan fingerprint density at radius 1 is 0.933 bits per heavy atom. The molecule has 5 heteroatoms. The molecular formula is C25H28N4O. The largest absolute Gasteiger partial charge is 0.299 e. The van der Waals surface area contributed by atoms with E-state index >= 15 is 0 Å². The van der Waals surface area contributed by atoms with Crippen molar-refractivity contribution in [3.05, 3.63) is 88.9 Å². The fourth-order valence-electron chi connectivity index (χ4n) is 3.92. The van der Waals surface area contributed by atoms with Crippen LogP contribution in [0, 0.1) is 6.92 Å².